The van der Waals surface area contributed by atoms with Crippen LogP contribution >= 0.6 is 0 Å². The molecule has 1 aliphatic rings. The van der Waals surface area contributed by atoms with Gasteiger partial charge in [-0.25, -0.2) is 8.78 Å². The number of rotatable bonds is 4. The lowest BCUT2D eigenvalue weighted by Gasteiger charge is -2.23. The van der Waals surface area contributed by atoms with Crippen molar-refractivity contribution in [3.63, 3.8) is 0 Å². The Kier molecular flexibility index (Phi) is 5.06. The van der Waals surface area contributed by atoms with E-state index in [1.54, 1.807) is 25.1 Å². The maximum atomic E-state index is 14.6. The lowest BCUT2D eigenvalue weighted by molar-refractivity contribution is -0.132. The number of anilines is 1. The molecule has 1 aromatic heterocycles. The van der Waals surface area contributed by atoms with Gasteiger partial charge in [0.25, 0.3) is 11.7 Å². The first-order valence-electron chi connectivity index (χ1n) is 9.28. The Labute approximate surface area is 176 Å². The van der Waals surface area contributed by atoms with Crippen molar-refractivity contribution < 1.29 is 32.6 Å². The fourth-order valence-corrected chi connectivity index (χ4v) is 3.55. The fourth-order valence-electron chi connectivity index (χ4n) is 3.55. The predicted molar refractivity (Wildman–Crippen MR) is 108 cm³/mol. The number of Topliss-reactive ketones (excluding diaryl/α,β-unsaturated/α-hetero) is 1. The van der Waals surface area contributed by atoms with Gasteiger partial charge in [-0.1, -0.05) is 12.1 Å². The average Bonchev–Trinajstić information content (AvgIpc) is 3.29. The Hall–Kier alpha value is -3.94. The van der Waals surface area contributed by atoms with Crippen LogP contribution in [0.3, 0.4) is 0 Å². The van der Waals surface area contributed by atoms with Gasteiger partial charge in [-0.3, -0.25) is 14.5 Å². The minimum Gasteiger partial charge on any atom is -0.507 e. The monoisotopic (exact) mass is 425 g/mol. The number of aliphatic hydroxyl groups excluding tert-OH is 1. The number of ether oxygens (including phenoxy) is 1. The molecule has 0 radical (unpaired) electrons. The highest BCUT2D eigenvalue weighted by molar-refractivity contribution is 6.51. The van der Waals surface area contributed by atoms with Crippen LogP contribution in [0.4, 0.5) is 14.5 Å². The second-order valence-corrected chi connectivity index (χ2v) is 6.95. The minimum atomic E-state index is -1.25. The lowest BCUT2D eigenvalue weighted by Crippen LogP contribution is -2.30. The number of halogens is 2. The number of benzene rings is 2. The van der Waals surface area contributed by atoms with Crippen LogP contribution in [-0.4, -0.2) is 23.9 Å². The van der Waals surface area contributed by atoms with Gasteiger partial charge in [0, 0.05) is 11.6 Å². The summed E-state index contributed by atoms with van der Waals surface area (Å²) in [5, 5.41) is 11.0. The Bertz CT molecular complexity index is 1230. The number of aryl methyl sites for hydroxylation is 1. The van der Waals surface area contributed by atoms with Crippen LogP contribution in [0.2, 0.25) is 0 Å². The van der Waals surface area contributed by atoms with E-state index < -0.39 is 35.1 Å². The van der Waals surface area contributed by atoms with E-state index in [0.29, 0.717) is 17.6 Å². The van der Waals surface area contributed by atoms with Gasteiger partial charge in [0.2, 0.25) is 0 Å². The van der Waals surface area contributed by atoms with Gasteiger partial charge in [0.05, 0.1) is 18.4 Å². The second kappa shape index (κ2) is 7.71. The highest BCUT2D eigenvalue weighted by atomic mass is 19.1. The zero-order valence-electron chi connectivity index (χ0n) is 16.6. The van der Waals surface area contributed by atoms with Gasteiger partial charge < -0.3 is 14.3 Å². The molecule has 1 fully saturated rings. The Morgan fingerprint density at radius 3 is 2.52 bits per heavy atom. The molecule has 0 aliphatic carbocycles. The summed E-state index contributed by atoms with van der Waals surface area (Å²) in [6.45, 7) is 1.66. The molecule has 0 saturated carbocycles. The van der Waals surface area contributed by atoms with Crippen molar-refractivity contribution in [3.05, 3.63) is 88.9 Å². The molecular formula is C23H17F2NO5. The van der Waals surface area contributed by atoms with Crippen molar-refractivity contribution in [2.45, 2.75) is 13.0 Å². The van der Waals surface area contributed by atoms with E-state index in [4.69, 9.17) is 9.15 Å². The molecule has 1 unspecified atom stereocenters. The standard InChI is InChI=1S/C23H17F2NO5/c1-12-6-9-18(31-12)20-19(21(27)13-4-3-5-15(10-13)30-2)22(28)23(29)26(20)17-8-7-14(24)11-16(17)25/h3-11,20,27H,1-2H3/b21-19-. The van der Waals surface area contributed by atoms with E-state index in [9.17, 15) is 23.5 Å². The number of hydrogen-bond acceptors (Lipinski definition) is 5. The quantitative estimate of drug-likeness (QED) is 0.378. The maximum absolute atomic E-state index is 14.6. The van der Waals surface area contributed by atoms with Crippen molar-refractivity contribution >= 4 is 23.1 Å². The predicted octanol–water partition coefficient (Wildman–Crippen LogP) is 4.50. The van der Waals surface area contributed by atoms with Crippen LogP contribution in [0, 0.1) is 18.6 Å². The van der Waals surface area contributed by atoms with E-state index in [-0.39, 0.29) is 22.6 Å². The topological polar surface area (TPSA) is 80.0 Å². The second-order valence-electron chi connectivity index (χ2n) is 6.95. The van der Waals surface area contributed by atoms with E-state index in [1.807, 2.05) is 0 Å². The molecule has 2 heterocycles. The summed E-state index contributed by atoms with van der Waals surface area (Å²) < 4.78 is 38.8. The summed E-state index contributed by atoms with van der Waals surface area (Å²) in [7, 11) is 1.45. The van der Waals surface area contributed by atoms with E-state index in [1.165, 1.54) is 25.3 Å². The number of furan rings is 1. The Morgan fingerprint density at radius 1 is 1.10 bits per heavy atom. The number of carbonyl (C=O) groups is 2. The summed E-state index contributed by atoms with van der Waals surface area (Å²) in [5.41, 5.74) is -0.367. The molecule has 1 aliphatic heterocycles. The third-order valence-corrected chi connectivity index (χ3v) is 4.99. The molecule has 158 valence electrons. The molecule has 6 nitrogen and oxygen atoms in total. The van der Waals surface area contributed by atoms with Gasteiger partial charge in [-0.15, -0.1) is 0 Å². The molecule has 3 aromatic rings. The number of ketones is 1. The van der Waals surface area contributed by atoms with Crippen LogP contribution < -0.4 is 9.64 Å². The van der Waals surface area contributed by atoms with Crippen LogP contribution in [0.15, 0.2) is 64.6 Å². The van der Waals surface area contributed by atoms with Crippen molar-refractivity contribution in [1.29, 1.82) is 0 Å². The van der Waals surface area contributed by atoms with Gasteiger partial charge in [0.15, 0.2) is 0 Å². The molecule has 4 rings (SSSR count). The first-order valence-corrected chi connectivity index (χ1v) is 9.28. The van der Waals surface area contributed by atoms with Crippen molar-refractivity contribution in [3.8, 4) is 5.75 Å². The van der Waals surface area contributed by atoms with Gasteiger partial charge in [-0.2, -0.15) is 0 Å². The average molecular weight is 425 g/mol. The molecule has 2 aromatic carbocycles. The van der Waals surface area contributed by atoms with E-state index in [0.717, 1.165) is 17.0 Å². The van der Waals surface area contributed by atoms with Crippen molar-refractivity contribution in [2.24, 2.45) is 0 Å². The Balaban J connectivity index is 1.95. The number of methoxy groups -OCH3 is 1. The summed E-state index contributed by atoms with van der Waals surface area (Å²) in [6, 6.07) is 10.8. The maximum Gasteiger partial charge on any atom is 0.300 e. The van der Waals surface area contributed by atoms with E-state index in [2.05, 4.69) is 0 Å². The SMILES string of the molecule is COc1cccc(/C(O)=C2/C(=O)C(=O)N(c3ccc(F)cc3F)C2c2ccc(C)o2)c1. The highest BCUT2D eigenvalue weighted by Gasteiger charge is 2.49. The van der Waals surface area contributed by atoms with Crippen LogP contribution in [0.25, 0.3) is 5.76 Å². The molecule has 0 bridgehead atoms. The largest absolute Gasteiger partial charge is 0.507 e. The first kappa shape index (κ1) is 20.3. The molecule has 1 atom stereocenters. The zero-order chi connectivity index (χ0) is 22.3. The van der Waals surface area contributed by atoms with Crippen LogP contribution in [0.5, 0.6) is 5.75 Å². The first-order chi connectivity index (χ1) is 14.8. The van der Waals surface area contributed by atoms with Gasteiger partial charge >= 0.3 is 0 Å². The van der Waals surface area contributed by atoms with Crippen LogP contribution in [-0.2, 0) is 9.59 Å². The normalized spacial score (nSPS) is 17.9. The molecule has 1 saturated heterocycles. The number of nitrogens with zero attached hydrogens (tertiary/aromatic N) is 1. The lowest BCUT2D eigenvalue weighted by atomic mass is 9.99. The van der Waals surface area contributed by atoms with Crippen molar-refractivity contribution in [2.75, 3.05) is 12.0 Å². The summed E-state index contributed by atoms with van der Waals surface area (Å²) in [5.74, 6) is -3.38. The number of aliphatic hydroxyl groups is 1. The fraction of sp³-hybridized carbons (Fsp3) is 0.130. The van der Waals surface area contributed by atoms with Gasteiger partial charge in [-0.05, 0) is 43.3 Å². The Morgan fingerprint density at radius 2 is 1.87 bits per heavy atom. The van der Waals surface area contributed by atoms with E-state index >= 15 is 0 Å². The number of amides is 1. The minimum absolute atomic E-state index is 0.143. The summed E-state index contributed by atoms with van der Waals surface area (Å²) >= 11 is 0. The molecule has 1 amide bonds. The number of hydrogen-bond donors (Lipinski definition) is 1. The highest BCUT2D eigenvalue weighted by Crippen LogP contribution is 2.43. The van der Waals surface area contributed by atoms with Crippen LogP contribution in [0.1, 0.15) is 23.1 Å². The summed E-state index contributed by atoms with van der Waals surface area (Å²) in [4.78, 5) is 26.7. The third kappa shape index (κ3) is 3.46. The molecule has 31 heavy (non-hydrogen) atoms. The third-order valence-electron chi connectivity index (χ3n) is 4.99. The molecule has 8 heteroatoms. The summed E-state index contributed by atoms with van der Waals surface area (Å²) in [6.07, 6.45) is 0. The zero-order valence-corrected chi connectivity index (χ0v) is 16.6. The molecule has 1 N–H and O–H groups in total. The van der Waals surface area contributed by atoms with Crippen molar-refractivity contribution in [1.82, 2.24) is 0 Å². The molecule has 0 spiro atoms. The number of carbonyl (C=O) groups excluding carboxylic acids is 2. The molecular weight excluding hydrogens is 408 g/mol. The smallest absolute Gasteiger partial charge is 0.300 e. The van der Waals surface area contributed by atoms with Gasteiger partial charge in [0.1, 0.15) is 40.7 Å².